The zero-order valence-electron chi connectivity index (χ0n) is 11.6. The maximum Gasteiger partial charge on any atom is 0.129 e. The van der Waals surface area contributed by atoms with Gasteiger partial charge < -0.3 is 5.32 Å². The van der Waals surface area contributed by atoms with Gasteiger partial charge in [0.15, 0.2) is 0 Å². The van der Waals surface area contributed by atoms with Gasteiger partial charge in [0.2, 0.25) is 0 Å². The van der Waals surface area contributed by atoms with Crippen LogP contribution in [0.4, 0.5) is 8.78 Å². The smallest absolute Gasteiger partial charge is 0.129 e. The van der Waals surface area contributed by atoms with Gasteiger partial charge >= 0.3 is 0 Å². The van der Waals surface area contributed by atoms with Gasteiger partial charge in [-0.3, -0.25) is 0 Å². The standard InChI is InChI=1S/C16H16BrF2N/c1-9-6-11(7-10(2)15(9)19)16(20-3)13-8-12(17)4-5-14(13)18/h4-8,16,20H,1-3H3. The molecule has 0 spiro atoms. The highest BCUT2D eigenvalue weighted by atomic mass is 79.9. The van der Waals surface area contributed by atoms with Gasteiger partial charge in [-0.05, 0) is 55.8 Å². The van der Waals surface area contributed by atoms with Crippen molar-refractivity contribution in [2.75, 3.05) is 7.05 Å². The monoisotopic (exact) mass is 339 g/mol. The molecule has 0 fully saturated rings. The molecular weight excluding hydrogens is 324 g/mol. The van der Waals surface area contributed by atoms with Crippen LogP contribution in [-0.2, 0) is 0 Å². The lowest BCUT2D eigenvalue weighted by Gasteiger charge is -2.20. The van der Waals surface area contributed by atoms with Crippen molar-refractivity contribution in [1.82, 2.24) is 5.32 Å². The van der Waals surface area contributed by atoms with Crippen LogP contribution in [0.2, 0.25) is 0 Å². The minimum atomic E-state index is -0.314. The fourth-order valence-corrected chi connectivity index (χ4v) is 2.76. The molecule has 0 saturated carbocycles. The SMILES string of the molecule is CNC(c1cc(C)c(F)c(C)c1)c1cc(Br)ccc1F. The Hall–Kier alpha value is -1.26. The molecule has 0 heterocycles. The molecule has 0 radical (unpaired) electrons. The van der Waals surface area contributed by atoms with Crippen LogP contribution in [0.3, 0.4) is 0 Å². The first-order valence-corrected chi connectivity index (χ1v) is 7.12. The van der Waals surface area contributed by atoms with E-state index < -0.39 is 0 Å². The normalized spacial score (nSPS) is 12.5. The molecule has 2 rings (SSSR count). The summed E-state index contributed by atoms with van der Waals surface area (Å²) in [7, 11) is 1.76. The summed E-state index contributed by atoms with van der Waals surface area (Å²) in [5.74, 6) is -0.495. The highest BCUT2D eigenvalue weighted by Gasteiger charge is 2.18. The third kappa shape index (κ3) is 2.91. The molecule has 4 heteroatoms. The zero-order valence-corrected chi connectivity index (χ0v) is 13.2. The van der Waals surface area contributed by atoms with Gasteiger partial charge in [0.1, 0.15) is 11.6 Å². The Kier molecular flexibility index (Phi) is 4.55. The summed E-state index contributed by atoms with van der Waals surface area (Å²) in [6.45, 7) is 3.44. The molecule has 0 amide bonds. The van der Waals surface area contributed by atoms with Crippen LogP contribution in [-0.4, -0.2) is 7.05 Å². The second-order valence-corrected chi connectivity index (χ2v) is 5.77. The van der Waals surface area contributed by atoms with E-state index in [0.29, 0.717) is 16.7 Å². The number of benzene rings is 2. The number of hydrogen-bond acceptors (Lipinski definition) is 1. The minimum absolute atomic E-state index is 0.210. The quantitative estimate of drug-likeness (QED) is 0.857. The lowest BCUT2D eigenvalue weighted by molar-refractivity contribution is 0.572. The zero-order chi connectivity index (χ0) is 14.9. The lowest BCUT2D eigenvalue weighted by atomic mass is 9.95. The average molecular weight is 340 g/mol. The van der Waals surface area contributed by atoms with Crippen molar-refractivity contribution in [3.63, 3.8) is 0 Å². The van der Waals surface area contributed by atoms with Crippen molar-refractivity contribution < 1.29 is 8.78 Å². The lowest BCUT2D eigenvalue weighted by Crippen LogP contribution is -2.19. The molecule has 106 valence electrons. The number of rotatable bonds is 3. The molecule has 0 bridgehead atoms. The maximum atomic E-state index is 14.0. The second kappa shape index (κ2) is 6.02. The number of nitrogens with one attached hydrogen (secondary N) is 1. The first-order chi connectivity index (χ1) is 9.43. The maximum absolute atomic E-state index is 14.0. The Morgan fingerprint density at radius 2 is 1.65 bits per heavy atom. The van der Waals surface area contributed by atoms with Crippen LogP contribution in [0.15, 0.2) is 34.8 Å². The molecule has 1 atom stereocenters. The largest absolute Gasteiger partial charge is 0.309 e. The van der Waals surface area contributed by atoms with Crippen LogP contribution in [0.1, 0.15) is 28.3 Å². The van der Waals surface area contributed by atoms with E-state index in [1.165, 1.54) is 6.07 Å². The highest BCUT2D eigenvalue weighted by molar-refractivity contribution is 9.10. The van der Waals surface area contributed by atoms with Crippen LogP contribution in [0, 0.1) is 25.5 Å². The highest BCUT2D eigenvalue weighted by Crippen LogP contribution is 2.29. The Bertz CT molecular complexity index is 617. The molecule has 20 heavy (non-hydrogen) atoms. The van der Waals surface area contributed by atoms with Crippen LogP contribution >= 0.6 is 15.9 Å². The first kappa shape index (κ1) is 15.1. The van der Waals surface area contributed by atoms with Crippen molar-refractivity contribution in [3.05, 3.63) is 68.7 Å². The molecule has 0 saturated heterocycles. The summed E-state index contributed by atoms with van der Waals surface area (Å²) in [5.41, 5.74) is 2.51. The number of aryl methyl sites for hydroxylation is 2. The number of hydrogen-bond donors (Lipinski definition) is 1. The van der Waals surface area contributed by atoms with Crippen molar-refractivity contribution >= 4 is 15.9 Å². The first-order valence-electron chi connectivity index (χ1n) is 6.33. The predicted molar refractivity (Wildman–Crippen MR) is 80.9 cm³/mol. The van der Waals surface area contributed by atoms with Crippen molar-refractivity contribution in [1.29, 1.82) is 0 Å². The van der Waals surface area contributed by atoms with E-state index in [9.17, 15) is 8.78 Å². The minimum Gasteiger partial charge on any atom is -0.309 e. The molecular formula is C16H16BrF2N. The molecule has 2 aromatic rings. The molecule has 1 nitrogen and oxygen atoms in total. The average Bonchev–Trinajstić information content (AvgIpc) is 2.40. The Morgan fingerprint density at radius 3 is 2.20 bits per heavy atom. The van der Waals surface area contributed by atoms with E-state index in [4.69, 9.17) is 0 Å². The summed E-state index contributed by atoms with van der Waals surface area (Å²) < 4.78 is 28.6. The second-order valence-electron chi connectivity index (χ2n) is 4.86. The summed E-state index contributed by atoms with van der Waals surface area (Å²) >= 11 is 3.35. The van der Waals surface area contributed by atoms with E-state index in [1.807, 2.05) is 0 Å². The Labute approximate surface area is 126 Å². The van der Waals surface area contributed by atoms with E-state index >= 15 is 0 Å². The fraction of sp³-hybridized carbons (Fsp3) is 0.250. The van der Waals surface area contributed by atoms with Crippen molar-refractivity contribution in [2.24, 2.45) is 0 Å². The van der Waals surface area contributed by atoms with Gasteiger partial charge in [0.05, 0.1) is 6.04 Å². The van der Waals surface area contributed by atoms with E-state index in [-0.39, 0.29) is 17.7 Å². The molecule has 0 aliphatic rings. The molecule has 0 aliphatic carbocycles. The number of halogens is 3. The summed E-state index contributed by atoms with van der Waals surface area (Å²) in [6, 6.07) is 8.02. The Morgan fingerprint density at radius 1 is 1.05 bits per heavy atom. The Balaban J connectivity index is 2.55. The van der Waals surface area contributed by atoms with E-state index in [2.05, 4.69) is 21.2 Å². The van der Waals surface area contributed by atoms with Gasteiger partial charge in [0.25, 0.3) is 0 Å². The van der Waals surface area contributed by atoms with Crippen molar-refractivity contribution in [2.45, 2.75) is 19.9 Å². The van der Waals surface area contributed by atoms with Gasteiger partial charge in [-0.15, -0.1) is 0 Å². The predicted octanol–water partition coefficient (Wildman–Crippen LogP) is 4.65. The molecule has 0 aliphatic heterocycles. The topological polar surface area (TPSA) is 12.0 Å². The molecule has 1 N–H and O–H groups in total. The summed E-state index contributed by atoms with van der Waals surface area (Å²) in [6.07, 6.45) is 0. The summed E-state index contributed by atoms with van der Waals surface area (Å²) in [5, 5.41) is 3.09. The van der Waals surface area contributed by atoms with Crippen LogP contribution in [0.5, 0.6) is 0 Å². The van der Waals surface area contributed by atoms with Crippen LogP contribution in [0.25, 0.3) is 0 Å². The third-order valence-electron chi connectivity index (χ3n) is 3.35. The van der Waals surface area contributed by atoms with Gasteiger partial charge in [-0.25, -0.2) is 8.78 Å². The van der Waals surface area contributed by atoms with Crippen LogP contribution < -0.4 is 5.32 Å². The fourth-order valence-electron chi connectivity index (χ4n) is 2.38. The van der Waals surface area contributed by atoms with Gasteiger partial charge in [-0.1, -0.05) is 28.1 Å². The van der Waals surface area contributed by atoms with E-state index in [1.54, 1.807) is 45.2 Å². The summed E-state index contributed by atoms with van der Waals surface area (Å²) in [4.78, 5) is 0. The van der Waals surface area contributed by atoms with Gasteiger partial charge in [-0.2, -0.15) is 0 Å². The molecule has 2 aromatic carbocycles. The van der Waals surface area contributed by atoms with E-state index in [0.717, 1.165) is 10.0 Å². The molecule has 1 unspecified atom stereocenters. The third-order valence-corrected chi connectivity index (χ3v) is 3.84. The van der Waals surface area contributed by atoms with Crippen molar-refractivity contribution in [3.8, 4) is 0 Å². The molecule has 0 aromatic heterocycles. The van der Waals surface area contributed by atoms with Gasteiger partial charge in [0, 0.05) is 10.0 Å².